The van der Waals surface area contributed by atoms with E-state index >= 15 is 0 Å². The van der Waals surface area contributed by atoms with E-state index in [1.165, 1.54) is 17.0 Å². The van der Waals surface area contributed by atoms with Crippen molar-refractivity contribution < 1.29 is 33.3 Å². The average molecular weight is 499 g/mol. The van der Waals surface area contributed by atoms with Gasteiger partial charge in [-0.2, -0.15) is 0 Å². The van der Waals surface area contributed by atoms with Gasteiger partial charge < -0.3 is 24.2 Å². The van der Waals surface area contributed by atoms with Gasteiger partial charge in [-0.1, -0.05) is 12.1 Å². The molecule has 192 valence electrons. The number of ketones is 1. The van der Waals surface area contributed by atoms with Gasteiger partial charge in [0.05, 0.1) is 38.0 Å². The van der Waals surface area contributed by atoms with Crippen molar-refractivity contribution in [3.8, 4) is 11.5 Å². The van der Waals surface area contributed by atoms with Crippen LogP contribution in [0.2, 0.25) is 0 Å². The number of benzene rings is 2. The first kappa shape index (κ1) is 25.7. The van der Waals surface area contributed by atoms with E-state index in [1.54, 1.807) is 45.2 Å². The Hall–Kier alpha value is -3.43. The fourth-order valence-electron chi connectivity index (χ4n) is 4.47. The second-order valence-corrected chi connectivity index (χ2v) is 9.03. The maximum absolute atomic E-state index is 14.7. The summed E-state index contributed by atoms with van der Waals surface area (Å²) in [7, 11) is 1.55. The molecule has 4 rings (SSSR count). The average Bonchev–Trinajstić information content (AvgIpc) is 3.13. The highest BCUT2D eigenvalue weighted by atomic mass is 19.1. The molecule has 2 heterocycles. The second kappa shape index (κ2) is 11.1. The first-order chi connectivity index (χ1) is 17.3. The molecule has 9 heteroatoms. The molecular formula is C27H31FN2O6. The van der Waals surface area contributed by atoms with Crippen molar-refractivity contribution in [3.63, 3.8) is 0 Å². The van der Waals surface area contributed by atoms with Gasteiger partial charge in [-0.15, -0.1) is 0 Å². The Kier molecular flexibility index (Phi) is 7.91. The Balaban J connectivity index is 1.73. The minimum atomic E-state index is -0.827. The Bertz CT molecular complexity index is 1140. The molecule has 36 heavy (non-hydrogen) atoms. The molecule has 0 aliphatic carbocycles. The van der Waals surface area contributed by atoms with Gasteiger partial charge >= 0.3 is 0 Å². The van der Waals surface area contributed by atoms with Crippen LogP contribution in [0.5, 0.6) is 11.5 Å². The van der Waals surface area contributed by atoms with Gasteiger partial charge in [-0.25, -0.2) is 4.39 Å². The van der Waals surface area contributed by atoms with E-state index in [9.17, 15) is 19.1 Å². The molecule has 0 unspecified atom stereocenters. The highest BCUT2D eigenvalue weighted by Gasteiger charge is 2.46. The number of methoxy groups -OCH3 is 1. The number of nitrogens with zero attached hydrogens (tertiary/aromatic N) is 2. The summed E-state index contributed by atoms with van der Waals surface area (Å²) in [6, 6.07) is 10.1. The van der Waals surface area contributed by atoms with Crippen LogP contribution in [0, 0.1) is 5.82 Å². The van der Waals surface area contributed by atoms with Gasteiger partial charge in [-0.3, -0.25) is 14.5 Å². The van der Waals surface area contributed by atoms with Crippen LogP contribution in [-0.2, 0) is 14.3 Å². The number of amides is 1. The van der Waals surface area contributed by atoms with Crippen LogP contribution in [0.1, 0.15) is 31.0 Å². The highest BCUT2D eigenvalue weighted by Crippen LogP contribution is 2.40. The van der Waals surface area contributed by atoms with Gasteiger partial charge in [-0.05, 0) is 49.7 Å². The fraction of sp³-hybridized carbons (Fsp3) is 0.407. The van der Waals surface area contributed by atoms with E-state index in [0.29, 0.717) is 31.1 Å². The van der Waals surface area contributed by atoms with E-state index in [4.69, 9.17) is 14.2 Å². The molecular weight excluding hydrogens is 467 g/mol. The number of halogens is 1. The number of rotatable bonds is 8. The van der Waals surface area contributed by atoms with Crippen LogP contribution in [0.4, 0.5) is 4.39 Å². The predicted molar refractivity (Wildman–Crippen MR) is 131 cm³/mol. The van der Waals surface area contributed by atoms with Crippen molar-refractivity contribution in [2.45, 2.75) is 26.0 Å². The highest BCUT2D eigenvalue weighted by molar-refractivity contribution is 6.46. The number of likely N-dealkylation sites (tertiary alicyclic amines) is 1. The second-order valence-electron chi connectivity index (χ2n) is 9.03. The Morgan fingerprint density at radius 3 is 2.42 bits per heavy atom. The molecule has 0 aromatic heterocycles. The minimum Gasteiger partial charge on any atom is -0.507 e. The largest absolute Gasteiger partial charge is 0.507 e. The summed E-state index contributed by atoms with van der Waals surface area (Å²) in [5.74, 6) is -1.96. The zero-order valence-corrected chi connectivity index (χ0v) is 20.7. The van der Waals surface area contributed by atoms with E-state index in [0.717, 1.165) is 19.2 Å². The number of aliphatic hydroxyl groups excluding tert-OH is 1. The third kappa shape index (κ3) is 5.37. The molecule has 8 nitrogen and oxygen atoms in total. The smallest absolute Gasteiger partial charge is 0.295 e. The van der Waals surface area contributed by atoms with Crippen LogP contribution >= 0.6 is 0 Å². The minimum absolute atomic E-state index is 0.0409. The quantitative estimate of drug-likeness (QED) is 0.339. The van der Waals surface area contributed by atoms with Crippen molar-refractivity contribution in [1.29, 1.82) is 0 Å². The van der Waals surface area contributed by atoms with Crippen molar-refractivity contribution in [2.24, 2.45) is 0 Å². The summed E-state index contributed by atoms with van der Waals surface area (Å²) in [4.78, 5) is 30.0. The number of aliphatic hydroxyl groups is 1. The van der Waals surface area contributed by atoms with Gasteiger partial charge in [0.1, 0.15) is 11.5 Å². The molecule has 2 fully saturated rings. The topological polar surface area (TPSA) is 88.5 Å². The zero-order valence-electron chi connectivity index (χ0n) is 20.7. The lowest BCUT2D eigenvalue weighted by molar-refractivity contribution is -0.140. The number of morpholine rings is 1. The van der Waals surface area contributed by atoms with Crippen molar-refractivity contribution >= 4 is 17.4 Å². The molecule has 1 atom stereocenters. The Labute approximate surface area is 209 Å². The fourth-order valence-corrected chi connectivity index (χ4v) is 4.47. The van der Waals surface area contributed by atoms with Crippen LogP contribution in [-0.4, -0.2) is 79.2 Å². The van der Waals surface area contributed by atoms with Crippen LogP contribution < -0.4 is 9.47 Å². The number of hydrogen-bond acceptors (Lipinski definition) is 7. The molecule has 1 N–H and O–H groups in total. The maximum atomic E-state index is 14.7. The van der Waals surface area contributed by atoms with E-state index < -0.39 is 29.3 Å². The van der Waals surface area contributed by atoms with E-state index in [1.807, 2.05) is 0 Å². The van der Waals surface area contributed by atoms with Crippen LogP contribution in [0.3, 0.4) is 0 Å². The molecule has 2 aliphatic heterocycles. The Morgan fingerprint density at radius 1 is 1.11 bits per heavy atom. The van der Waals surface area contributed by atoms with E-state index in [-0.39, 0.29) is 29.5 Å². The maximum Gasteiger partial charge on any atom is 0.295 e. The van der Waals surface area contributed by atoms with Gasteiger partial charge in [0, 0.05) is 31.7 Å². The SMILES string of the molecule is COc1ccc([C@H]2/C(=C(\O)c3ccc(OC(C)C)c(F)c3)C(=O)C(=O)N2CCN2CCOCC2)cc1. The summed E-state index contributed by atoms with van der Waals surface area (Å²) in [6.45, 7) is 7.10. The molecule has 2 aromatic rings. The molecule has 0 bridgehead atoms. The molecule has 0 spiro atoms. The summed E-state index contributed by atoms with van der Waals surface area (Å²) in [6.07, 6.45) is -0.231. The van der Waals surface area contributed by atoms with Gasteiger partial charge in [0.2, 0.25) is 0 Å². The van der Waals surface area contributed by atoms with Crippen LogP contribution in [0.25, 0.3) is 5.76 Å². The van der Waals surface area contributed by atoms with Gasteiger partial charge in [0.25, 0.3) is 11.7 Å². The summed E-state index contributed by atoms with van der Waals surface area (Å²) >= 11 is 0. The number of carbonyl (C=O) groups excluding carboxylic acids is 2. The lowest BCUT2D eigenvalue weighted by Crippen LogP contribution is -2.42. The lowest BCUT2D eigenvalue weighted by Gasteiger charge is -2.31. The monoisotopic (exact) mass is 498 g/mol. The number of ether oxygens (including phenoxy) is 3. The first-order valence-corrected chi connectivity index (χ1v) is 12.0. The molecule has 2 aliphatic rings. The predicted octanol–water partition coefficient (Wildman–Crippen LogP) is 3.38. The Morgan fingerprint density at radius 2 is 1.81 bits per heavy atom. The van der Waals surface area contributed by atoms with Crippen molar-refractivity contribution in [1.82, 2.24) is 9.80 Å². The van der Waals surface area contributed by atoms with Crippen LogP contribution in [0.15, 0.2) is 48.0 Å². The van der Waals surface area contributed by atoms with Crippen molar-refractivity contribution in [2.75, 3.05) is 46.5 Å². The molecule has 2 saturated heterocycles. The van der Waals surface area contributed by atoms with E-state index in [2.05, 4.69) is 4.90 Å². The number of Topliss-reactive ketones (excluding diaryl/α,β-unsaturated/α-hetero) is 1. The molecule has 0 saturated carbocycles. The summed E-state index contributed by atoms with van der Waals surface area (Å²) in [5.41, 5.74) is 0.649. The third-order valence-electron chi connectivity index (χ3n) is 6.30. The van der Waals surface area contributed by atoms with Crippen molar-refractivity contribution in [3.05, 3.63) is 65.0 Å². The summed E-state index contributed by atoms with van der Waals surface area (Å²) < 4.78 is 30.8. The molecule has 1 amide bonds. The molecule has 0 radical (unpaired) electrons. The standard InChI is InChI=1S/C27H31FN2O6/c1-17(2)36-22-9-6-19(16-21(22)28)25(31)23-24(18-4-7-20(34-3)8-5-18)30(27(33)26(23)32)11-10-29-12-14-35-15-13-29/h4-9,16-17,24,31H,10-15H2,1-3H3/b25-23+/t24-/m0/s1. The number of hydrogen-bond donors (Lipinski definition) is 1. The lowest BCUT2D eigenvalue weighted by atomic mass is 9.95. The van der Waals surface area contributed by atoms with Gasteiger partial charge in [0.15, 0.2) is 11.6 Å². The zero-order chi connectivity index (χ0) is 25.8. The summed E-state index contributed by atoms with van der Waals surface area (Å²) in [5, 5.41) is 11.2. The third-order valence-corrected chi connectivity index (χ3v) is 6.30. The normalized spacial score (nSPS) is 20.2. The first-order valence-electron chi connectivity index (χ1n) is 12.0. The number of carbonyl (C=O) groups is 2. The molecule has 2 aromatic carbocycles.